The second-order valence-corrected chi connectivity index (χ2v) is 5.71. The third-order valence-corrected chi connectivity index (χ3v) is 3.70. The van der Waals surface area contributed by atoms with E-state index in [0.29, 0.717) is 23.3 Å². The summed E-state index contributed by atoms with van der Waals surface area (Å²) in [6.07, 6.45) is 3.93. The second-order valence-electron chi connectivity index (χ2n) is 5.27. The molecule has 1 aromatic carbocycles. The minimum atomic E-state index is 0. The molecule has 0 fully saturated rings. The van der Waals surface area contributed by atoms with Crippen LogP contribution in [0.5, 0.6) is 0 Å². The summed E-state index contributed by atoms with van der Waals surface area (Å²) in [5.41, 5.74) is 0.861. The molecule has 1 aromatic heterocycles. The van der Waals surface area contributed by atoms with Crippen LogP contribution >= 0.6 is 35.6 Å². The Bertz CT molecular complexity index is 687. The fourth-order valence-corrected chi connectivity index (χ4v) is 2.29. The Hall–Kier alpha value is -1.61. The van der Waals surface area contributed by atoms with Crippen LogP contribution in [-0.2, 0) is 6.54 Å². The molecule has 0 unspecified atom stereocenters. The molecule has 2 aromatic rings. The molecule has 0 bridgehead atoms. The first-order valence-corrected chi connectivity index (χ1v) is 8.13. The molecule has 0 spiro atoms. The molecule has 0 amide bonds. The molecular weight excluding hydrogens is 453 g/mol. The second kappa shape index (κ2) is 11.1. The number of rotatable bonds is 7. The van der Waals surface area contributed by atoms with Crippen molar-refractivity contribution in [2.45, 2.75) is 19.4 Å². The Labute approximate surface area is 170 Å². The van der Waals surface area contributed by atoms with Gasteiger partial charge in [-0.1, -0.05) is 22.8 Å². The SMILES string of the molecule is C=CCCCN(C)C(=NC)NCc1nc(-c2ccc(Cl)cc2)no1.I. The number of hydrogen-bond acceptors (Lipinski definition) is 4. The van der Waals surface area contributed by atoms with Crippen LogP contribution in [-0.4, -0.2) is 41.6 Å². The molecule has 0 aliphatic carbocycles. The van der Waals surface area contributed by atoms with E-state index in [1.807, 2.05) is 25.3 Å². The molecule has 136 valence electrons. The Morgan fingerprint density at radius 2 is 2.12 bits per heavy atom. The van der Waals surface area contributed by atoms with Crippen molar-refractivity contribution in [3.8, 4) is 11.4 Å². The number of benzene rings is 1. The van der Waals surface area contributed by atoms with E-state index in [-0.39, 0.29) is 24.0 Å². The number of aliphatic imine (C=N–C) groups is 1. The fraction of sp³-hybridized carbons (Fsp3) is 0.353. The molecule has 0 aliphatic rings. The van der Waals surface area contributed by atoms with Crippen molar-refractivity contribution in [2.75, 3.05) is 20.6 Å². The van der Waals surface area contributed by atoms with E-state index in [0.717, 1.165) is 30.9 Å². The van der Waals surface area contributed by atoms with E-state index in [4.69, 9.17) is 16.1 Å². The van der Waals surface area contributed by atoms with E-state index < -0.39 is 0 Å². The summed E-state index contributed by atoms with van der Waals surface area (Å²) in [6.45, 7) is 5.04. The smallest absolute Gasteiger partial charge is 0.246 e. The molecule has 1 N–H and O–H groups in total. The molecule has 0 aliphatic heterocycles. The lowest BCUT2D eigenvalue weighted by Gasteiger charge is -2.21. The first-order chi connectivity index (χ1) is 11.6. The van der Waals surface area contributed by atoms with Crippen LogP contribution in [0.2, 0.25) is 5.02 Å². The number of halogens is 2. The summed E-state index contributed by atoms with van der Waals surface area (Å²) >= 11 is 5.88. The van der Waals surface area contributed by atoms with Crippen molar-refractivity contribution >= 4 is 41.5 Å². The summed E-state index contributed by atoms with van der Waals surface area (Å²) in [5, 5.41) is 7.88. The van der Waals surface area contributed by atoms with Crippen LogP contribution in [0.1, 0.15) is 18.7 Å². The summed E-state index contributed by atoms with van der Waals surface area (Å²) in [6, 6.07) is 7.31. The Morgan fingerprint density at radius 1 is 1.40 bits per heavy atom. The molecule has 1 heterocycles. The van der Waals surface area contributed by atoms with Gasteiger partial charge in [0.25, 0.3) is 0 Å². The number of hydrogen-bond donors (Lipinski definition) is 1. The molecule has 0 saturated carbocycles. The van der Waals surface area contributed by atoms with E-state index in [9.17, 15) is 0 Å². The molecule has 8 heteroatoms. The lowest BCUT2D eigenvalue weighted by atomic mass is 10.2. The highest BCUT2D eigenvalue weighted by atomic mass is 127. The van der Waals surface area contributed by atoms with Crippen LogP contribution in [0.25, 0.3) is 11.4 Å². The van der Waals surface area contributed by atoms with Gasteiger partial charge in [0.05, 0.1) is 6.54 Å². The van der Waals surface area contributed by atoms with Crippen molar-refractivity contribution in [3.63, 3.8) is 0 Å². The Morgan fingerprint density at radius 3 is 2.76 bits per heavy atom. The van der Waals surface area contributed by atoms with Crippen LogP contribution in [0, 0.1) is 0 Å². The lowest BCUT2D eigenvalue weighted by Crippen LogP contribution is -2.39. The highest BCUT2D eigenvalue weighted by Gasteiger charge is 2.10. The van der Waals surface area contributed by atoms with Gasteiger partial charge in [-0.25, -0.2) is 0 Å². The van der Waals surface area contributed by atoms with Crippen molar-refractivity contribution in [3.05, 3.63) is 47.8 Å². The molecule has 0 atom stereocenters. The van der Waals surface area contributed by atoms with Crippen LogP contribution in [0.15, 0.2) is 46.4 Å². The monoisotopic (exact) mass is 475 g/mol. The van der Waals surface area contributed by atoms with Gasteiger partial charge in [-0.15, -0.1) is 30.6 Å². The fourth-order valence-electron chi connectivity index (χ4n) is 2.16. The Balaban J connectivity index is 0.00000312. The minimum absolute atomic E-state index is 0. The zero-order chi connectivity index (χ0) is 17.4. The summed E-state index contributed by atoms with van der Waals surface area (Å²) in [7, 11) is 3.74. The normalized spacial score (nSPS) is 10.9. The van der Waals surface area contributed by atoms with Crippen LogP contribution in [0.4, 0.5) is 0 Å². The van der Waals surface area contributed by atoms with Gasteiger partial charge in [0.2, 0.25) is 11.7 Å². The molecule has 6 nitrogen and oxygen atoms in total. The minimum Gasteiger partial charge on any atom is -0.347 e. The molecular formula is C17H23ClIN5O. The largest absolute Gasteiger partial charge is 0.347 e. The summed E-state index contributed by atoms with van der Waals surface area (Å²) in [4.78, 5) is 10.7. The lowest BCUT2D eigenvalue weighted by molar-refractivity contribution is 0.371. The number of nitrogens with one attached hydrogen (secondary N) is 1. The van der Waals surface area contributed by atoms with Gasteiger partial charge in [0.1, 0.15) is 0 Å². The topological polar surface area (TPSA) is 66.5 Å². The summed E-state index contributed by atoms with van der Waals surface area (Å²) < 4.78 is 5.28. The number of allylic oxidation sites excluding steroid dienone is 1. The predicted octanol–water partition coefficient (Wildman–Crippen LogP) is 3.98. The number of nitrogens with zero attached hydrogens (tertiary/aromatic N) is 4. The Kier molecular flexibility index (Phi) is 9.51. The third kappa shape index (κ3) is 6.66. The van der Waals surface area contributed by atoms with Crippen LogP contribution in [0.3, 0.4) is 0 Å². The van der Waals surface area contributed by atoms with Gasteiger partial charge in [-0.2, -0.15) is 4.98 Å². The van der Waals surface area contributed by atoms with Gasteiger partial charge in [-0.05, 0) is 37.1 Å². The first kappa shape index (κ1) is 21.4. The average molecular weight is 476 g/mol. The summed E-state index contributed by atoms with van der Waals surface area (Å²) in [5.74, 6) is 1.82. The maximum atomic E-state index is 5.88. The number of guanidine groups is 1. The van der Waals surface area contributed by atoms with Gasteiger partial charge >= 0.3 is 0 Å². The van der Waals surface area contributed by atoms with E-state index in [2.05, 4.69) is 31.9 Å². The van der Waals surface area contributed by atoms with E-state index in [1.54, 1.807) is 19.2 Å². The van der Waals surface area contributed by atoms with Crippen molar-refractivity contribution in [2.24, 2.45) is 4.99 Å². The zero-order valence-electron chi connectivity index (χ0n) is 14.4. The van der Waals surface area contributed by atoms with Crippen molar-refractivity contribution in [1.29, 1.82) is 0 Å². The molecule has 0 radical (unpaired) electrons. The molecule has 2 rings (SSSR count). The van der Waals surface area contributed by atoms with Gasteiger partial charge in [0, 0.05) is 31.2 Å². The predicted molar refractivity (Wildman–Crippen MR) is 112 cm³/mol. The quantitative estimate of drug-likeness (QED) is 0.216. The van der Waals surface area contributed by atoms with Gasteiger partial charge < -0.3 is 14.7 Å². The van der Waals surface area contributed by atoms with Crippen molar-refractivity contribution < 1.29 is 4.52 Å². The van der Waals surface area contributed by atoms with Crippen molar-refractivity contribution in [1.82, 2.24) is 20.4 Å². The highest BCUT2D eigenvalue weighted by Crippen LogP contribution is 2.18. The van der Waals surface area contributed by atoms with E-state index in [1.165, 1.54) is 0 Å². The standard InChI is InChI=1S/C17H22ClN5O.HI/c1-4-5-6-11-23(3)17(19-2)20-12-15-21-16(22-24-15)13-7-9-14(18)10-8-13;/h4,7-10H,1,5-6,11-12H2,2-3H3,(H,19,20);1H. The van der Waals surface area contributed by atoms with E-state index >= 15 is 0 Å². The van der Waals surface area contributed by atoms with Gasteiger partial charge in [-0.3, -0.25) is 4.99 Å². The number of unbranched alkanes of at least 4 members (excludes halogenated alkanes) is 1. The molecule has 25 heavy (non-hydrogen) atoms. The number of aromatic nitrogens is 2. The molecule has 0 saturated heterocycles. The first-order valence-electron chi connectivity index (χ1n) is 7.75. The third-order valence-electron chi connectivity index (χ3n) is 3.44. The zero-order valence-corrected chi connectivity index (χ0v) is 17.5. The maximum absolute atomic E-state index is 5.88. The highest BCUT2D eigenvalue weighted by molar-refractivity contribution is 14.0. The maximum Gasteiger partial charge on any atom is 0.246 e. The van der Waals surface area contributed by atoms with Crippen LogP contribution < -0.4 is 5.32 Å². The average Bonchev–Trinajstić information content (AvgIpc) is 3.05. The van der Waals surface area contributed by atoms with Gasteiger partial charge in [0.15, 0.2) is 5.96 Å².